The molecule has 6 atom stereocenters. The van der Waals surface area contributed by atoms with Crippen molar-refractivity contribution in [3.05, 3.63) is 0 Å². The molecular formula is C24H44. The van der Waals surface area contributed by atoms with Gasteiger partial charge in [-0.25, -0.2) is 0 Å². The van der Waals surface area contributed by atoms with E-state index >= 15 is 0 Å². The lowest BCUT2D eigenvalue weighted by atomic mass is 9.63. The Morgan fingerprint density at radius 3 is 2.33 bits per heavy atom. The van der Waals surface area contributed by atoms with Gasteiger partial charge in [-0.1, -0.05) is 60.8 Å². The second-order valence-electron chi connectivity index (χ2n) is 11.0. The van der Waals surface area contributed by atoms with Crippen molar-refractivity contribution in [2.24, 2.45) is 46.3 Å². The molecule has 24 heavy (non-hydrogen) atoms. The first-order valence-corrected chi connectivity index (χ1v) is 11.3. The molecule has 0 aromatic carbocycles. The SMILES string of the molecule is CCCC1CC(C)CC(CC(C)CC)C(C(C)(C)C2CC23CC3)C1. The van der Waals surface area contributed by atoms with Gasteiger partial charge in [-0.05, 0) is 91.3 Å². The molecule has 0 N–H and O–H groups in total. The molecule has 3 rings (SSSR count). The zero-order valence-corrected chi connectivity index (χ0v) is 17.5. The Bertz CT molecular complexity index is 416. The molecule has 0 saturated heterocycles. The largest absolute Gasteiger partial charge is 0.0654 e. The first-order valence-electron chi connectivity index (χ1n) is 11.3. The van der Waals surface area contributed by atoms with E-state index in [9.17, 15) is 0 Å². The monoisotopic (exact) mass is 332 g/mol. The molecule has 140 valence electrons. The Balaban J connectivity index is 1.80. The highest BCUT2D eigenvalue weighted by molar-refractivity contribution is 5.17. The van der Waals surface area contributed by atoms with E-state index < -0.39 is 0 Å². The van der Waals surface area contributed by atoms with Crippen molar-refractivity contribution in [2.75, 3.05) is 0 Å². The lowest BCUT2D eigenvalue weighted by Crippen LogP contribution is -2.35. The smallest absolute Gasteiger partial charge is 0.0260 e. The maximum Gasteiger partial charge on any atom is -0.0260 e. The highest BCUT2D eigenvalue weighted by atomic mass is 14.7. The van der Waals surface area contributed by atoms with Crippen molar-refractivity contribution in [3.63, 3.8) is 0 Å². The molecule has 0 aromatic heterocycles. The Morgan fingerprint density at radius 1 is 1.08 bits per heavy atom. The molecule has 0 aromatic rings. The van der Waals surface area contributed by atoms with Crippen LogP contribution in [0, 0.1) is 46.3 Å². The first-order chi connectivity index (χ1) is 11.3. The summed E-state index contributed by atoms with van der Waals surface area (Å²) in [5, 5.41) is 0. The Kier molecular flexibility index (Phi) is 5.44. The molecule has 0 aliphatic heterocycles. The average Bonchev–Trinajstić information content (AvgIpc) is 3.42. The summed E-state index contributed by atoms with van der Waals surface area (Å²) in [5.41, 5.74) is 1.44. The number of hydrogen-bond acceptors (Lipinski definition) is 0. The standard InChI is InChI=1S/C24H44/c1-7-9-19-12-18(4)14-20(13-17(3)8-2)21(15-19)23(5,6)22-16-24(22)10-11-24/h17-22H,7-16H2,1-6H3. The van der Waals surface area contributed by atoms with E-state index in [2.05, 4.69) is 41.5 Å². The summed E-state index contributed by atoms with van der Waals surface area (Å²) < 4.78 is 0. The zero-order valence-electron chi connectivity index (χ0n) is 17.5. The molecule has 3 saturated carbocycles. The molecule has 0 heteroatoms. The van der Waals surface area contributed by atoms with E-state index in [-0.39, 0.29) is 0 Å². The summed E-state index contributed by atoms with van der Waals surface area (Å²) in [6.45, 7) is 15.2. The van der Waals surface area contributed by atoms with Crippen LogP contribution in [0.15, 0.2) is 0 Å². The molecule has 0 heterocycles. The van der Waals surface area contributed by atoms with E-state index in [1.54, 1.807) is 25.7 Å². The second kappa shape index (κ2) is 6.96. The van der Waals surface area contributed by atoms with E-state index in [0.717, 1.165) is 40.9 Å². The quantitative estimate of drug-likeness (QED) is 0.419. The van der Waals surface area contributed by atoms with Gasteiger partial charge in [0.15, 0.2) is 0 Å². The lowest BCUT2D eigenvalue weighted by Gasteiger charge is -2.42. The number of rotatable bonds is 7. The fourth-order valence-electron chi connectivity index (χ4n) is 6.86. The molecular weight excluding hydrogens is 288 g/mol. The molecule has 0 nitrogen and oxygen atoms in total. The normalized spacial score (nSPS) is 39.5. The molecule has 3 aliphatic rings. The fraction of sp³-hybridized carbons (Fsp3) is 1.00. The summed E-state index contributed by atoms with van der Waals surface area (Å²) in [4.78, 5) is 0. The topological polar surface area (TPSA) is 0 Å². The van der Waals surface area contributed by atoms with Crippen LogP contribution in [0.2, 0.25) is 0 Å². The minimum Gasteiger partial charge on any atom is -0.0654 e. The van der Waals surface area contributed by atoms with E-state index in [1.807, 2.05) is 0 Å². The summed E-state index contributed by atoms with van der Waals surface area (Å²) in [6, 6.07) is 0. The summed E-state index contributed by atoms with van der Waals surface area (Å²) >= 11 is 0. The second-order valence-corrected chi connectivity index (χ2v) is 11.0. The van der Waals surface area contributed by atoms with E-state index in [1.165, 1.54) is 38.5 Å². The van der Waals surface area contributed by atoms with E-state index in [0.29, 0.717) is 5.41 Å². The average molecular weight is 333 g/mol. The van der Waals surface area contributed by atoms with Crippen molar-refractivity contribution in [2.45, 2.75) is 106 Å². The van der Waals surface area contributed by atoms with Crippen LogP contribution >= 0.6 is 0 Å². The fourth-order valence-corrected chi connectivity index (χ4v) is 6.86. The van der Waals surface area contributed by atoms with Crippen molar-refractivity contribution in [3.8, 4) is 0 Å². The lowest BCUT2D eigenvalue weighted by molar-refractivity contribution is 0.0695. The first kappa shape index (κ1) is 18.8. The molecule has 0 radical (unpaired) electrons. The summed E-state index contributed by atoms with van der Waals surface area (Å²) in [6.07, 6.45) is 15.0. The molecule has 0 amide bonds. The van der Waals surface area contributed by atoms with Crippen LogP contribution in [0.5, 0.6) is 0 Å². The Labute approximate surface area is 152 Å². The maximum absolute atomic E-state index is 2.68. The van der Waals surface area contributed by atoms with Gasteiger partial charge in [0.2, 0.25) is 0 Å². The molecule has 1 spiro atoms. The van der Waals surface area contributed by atoms with Crippen molar-refractivity contribution < 1.29 is 0 Å². The van der Waals surface area contributed by atoms with Gasteiger partial charge in [-0.15, -0.1) is 0 Å². The van der Waals surface area contributed by atoms with E-state index in [4.69, 9.17) is 0 Å². The minimum atomic E-state index is 0.588. The Hall–Kier alpha value is 0. The van der Waals surface area contributed by atoms with Crippen molar-refractivity contribution in [1.29, 1.82) is 0 Å². The highest BCUT2D eigenvalue weighted by Crippen LogP contribution is 2.77. The van der Waals surface area contributed by atoms with Crippen molar-refractivity contribution >= 4 is 0 Å². The summed E-state index contributed by atoms with van der Waals surface area (Å²) in [5.74, 6) is 5.90. The van der Waals surface area contributed by atoms with Gasteiger partial charge in [0.05, 0.1) is 0 Å². The van der Waals surface area contributed by atoms with Gasteiger partial charge in [0, 0.05) is 0 Å². The van der Waals surface area contributed by atoms with Crippen LogP contribution in [0.1, 0.15) is 106 Å². The molecule has 6 unspecified atom stereocenters. The van der Waals surface area contributed by atoms with Crippen LogP contribution in [-0.4, -0.2) is 0 Å². The molecule has 0 bridgehead atoms. The van der Waals surface area contributed by atoms with Crippen LogP contribution in [0.25, 0.3) is 0 Å². The maximum atomic E-state index is 2.68. The van der Waals surface area contributed by atoms with Gasteiger partial charge in [0.1, 0.15) is 0 Å². The molecule has 3 fully saturated rings. The Morgan fingerprint density at radius 2 is 1.79 bits per heavy atom. The van der Waals surface area contributed by atoms with Crippen LogP contribution in [0.3, 0.4) is 0 Å². The molecule has 3 aliphatic carbocycles. The zero-order chi connectivity index (χ0) is 17.5. The third-order valence-electron chi connectivity index (χ3n) is 8.63. The predicted molar refractivity (Wildman–Crippen MR) is 106 cm³/mol. The van der Waals surface area contributed by atoms with Gasteiger partial charge < -0.3 is 0 Å². The van der Waals surface area contributed by atoms with Crippen LogP contribution in [0.4, 0.5) is 0 Å². The third-order valence-corrected chi connectivity index (χ3v) is 8.63. The van der Waals surface area contributed by atoms with Crippen LogP contribution in [-0.2, 0) is 0 Å². The minimum absolute atomic E-state index is 0.588. The van der Waals surface area contributed by atoms with Gasteiger partial charge in [-0.3, -0.25) is 0 Å². The third kappa shape index (κ3) is 3.73. The van der Waals surface area contributed by atoms with Gasteiger partial charge in [0.25, 0.3) is 0 Å². The van der Waals surface area contributed by atoms with Crippen molar-refractivity contribution in [1.82, 2.24) is 0 Å². The predicted octanol–water partition coefficient (Wildman–Crippen LogP) is 7.72. The number of hydrogen-bond donors (Lipinski definition) is 0. The van der Waals surface area contributed by atoms with Gasteiger partial charge >= 0.3 is 0 Å². The van der Waals surface area contributed by atoms with Gasteiger partial charge in [-0.2, -0.15) is 0 Å². The highest BCUT2D eigenvalue weighted by Gasteiger charge is 2.68. The summed E-state index contributed by atoms with van der Waals surface area (Å²) in [7, 11) is 0. The van der Waals surface area contributed by atoms with Crippen LogP contribution < -0.4 is 0 Å².